The maximum absolute atomic E-state index is 11.3. The van der Waals surface area contributed by atoms with Gasteiger partial charge in [0.2, 0.25) is 0 Å². The maximum atomic E-state index is 11.3. The lowest BCUT2D eigenvalue weighted by Gasteiger charge is -2.13. The Morgan fingerprint density at radius 3 is 2.60 bits per heavy atom. The molecule has 0 aliphatic heterocycles. The molecule has 0 aliphatic rings. The zero-order valence-corrected chi connectivity index (χ0v) is 11.5. The summed E-state index contributed by atoms with van der Waals surface area (Å²) in [6.45, 7) is 4.38. The van der Waals surface area contributed by atoms with E-state index >= 15 is 0 Å². The summed E-state index contributed by atoms with van der Waals surface area (Å²) >= 11 is 0. The molecule has 2 rings (SSSR count). The summed E-state index contributed by atoms with van der Waals surface area (Å²) in [6, 6.07) is 8.56. The molecule has 0 unspecified atom stereocenters. The summed E-state index contributed by atoms with van der Waals surface area (Å²) in [7, 11) is 0. The number of benzene rings is 1. The van der Waals surface area contributed by atoms with Gasteiger partial charge >= 0.3 is 5.97 Å². The molecule has 0 aliphatic carbocycles. The fourth-order valence-electron chi connectivity index (χ4n) is 1.85. The Balaban J connectivity index is 2.04. The normalized spacial score (nSPS) is 12.6. The number of rotatable bonds is 6. The van der Waals surface area contributed by atoms with Crippen LogP contribution in [0.3, 0.4) is 0 Å². The second kappa shape index (κ2) is 6.29. The zero-order chi connectivity index (χ0) is 14.5. The van der Waals surface area contributed by atoms with Crippen LogP contribution in [0.2, 0.25) is 0 Å². The minimum atomic E-state index is -0.910. The van der Waals surface area contributed by atoms with Crippen LogP contribution in [-0.4, -0.2) is 26.1 Å². The number of nitrogens with zero attached hydrogens (tertiary/aromatic N) is 3. The highest BCUT2D eigenvalue weighted by Crippen LogP contribution is 2.13. The third-order valence-electron chi connectivity index (χ3n) is 2.95. The molecule has 1 aromatic heterocycles. The minimum absolute atomic E-state index is 0.237. The number of aliphatic carboxylic acids is 1. The lowest BCUT2D eigenvalue weighted by Crippen LogP contribution is -2.28. The molecule has 0 spiro atoms. The van der Waals surface area contributed by atoms with Crippen LogP contribution in [0.1, 0.15) is 37.2 Å². The molecule has 0 bridgehead atoms. The van der Waals surface area contributed by atoms with E-state index < -0.39 is 12.0 Å². The average molecular weight is 274 g/mol. The SMILES string of the molecule is CC(C)n1cc(CN[C@@H](C(=O)O)c2ccccc2)nn1. The van der Waals surface area contributed by atoms with Crippen molar-refractivity contribution in [2.24, 2.45) is 0 Å². The molecule has 1 atom stereocenters. The first kappa shape index (κ1) is 14.2. The van der Waals surface area contributed by atoms with Gasteiger partial charge in [0.05, 0.1) is 11.9 Å². The zero-order valence-electron chi connectivity index (χ0n) is 11.5. The van der Waals surface area contributed by atoms with Gasteiger partial charge in [0.1, 0.15) is 6.04 Å². The van der Waals surface area contributed by atoms with Gasteiger partial charge < -0.3 is 5.11 Å². The van der Waals surface area contributed by atoms with Crippen LogP contribution in [0, 0.1) is 0 Å². The first-order valence-electron chi connectivity index (χ1n) is 6.49. The molecule has 1 heterocycles. The molecule has 0 saturated carbocycles. The lowest BCUT2D eigenvalue weighted by molar-refractivity contribution is -0.139. The summed E-state index contributed by atoms with van der Waals surface area (Å²) in [5.74, 6) is -0.910. The number of nitrogens with one attached hydrogen (secondary N) is 1. The number of hydrogen-bond donors (Lipinski definition) is 2. The molecule has 0 amide bonds. The molecule has 20 heavy (non-hydrogen) atoms. The van der Waals surface area contributed by atoms with Gasteiger partial charge in [0, 0.05) is 12.6 Å². The van der Waals surface area contributed by atoms with Gasteiger partial charge in [-0.1, -0.05) is 35.5 Å². The number of carboxylic acids is 1. The molecule has 6 nitrogen and oxygen atoms in total. The van der Waals surface area contributed by atoms with Gasteiger partial charge in [-0.05, 0) is 19.4 Å². The van der Waals surface area contributed by atoms with Crippen LogP contribution in [0.4, 0.5) is 0 Å². The van der Waals surface area contributed by atoms with E-state index in [1.54, 1.807) is 16.8 Å². The quantitative estimate of drug-likeness (QED) is 0.839. The van der Waals surface area contributed by atoms with Gasteiger partial charge in [-0.3, -0.25) is 10.1 Å². The molecule has 2 N–H and O–H groups in total. The van der Waals surface area contributed by atoms with Crippen LogP contribution < -0.4 is 5.32 Å². The van der Waals surface area contributed by atoms with Gasteiger partial charge in [-0.25, -0.2) is 4.68 Å². The van der Waals surface area contributed by atoms with Crippen molar-refractivity contribution in [2.45, 2.75) is 32.5 Å². The minimum Gasteiger partial charge on any atom is -0.480 e. The lowest BCUT2D eigenvalue weighted by atomic mass is 10.1. The molecule has 106 valence electrons. The second-order valence-electron chi connectivity index (χ2n) is 4.85. The van der Waals surface area contributed by atoms with Crippen molar-refractivity contribution in [1.29, 1.82) is 0 Å². The van der Waals surface area contributed by atoms with Gasteiger partial charge in [-0.2, -0.15) is 0 Å². The van der Waals surface area contributed by atoms with E-state index in [0.29, 0.717) is 6.54 Å². The standard InChI is InChI=1S/C14H18N4O2/c1-10(2)18-9-12(16-17-18)8-15-13(14(19)20)11-6-4-3-5-7-11/h3-7,9-10,13,15H,8H2,1-2H3,(H,19,20)/t13-/m1/s1. The van der Waals surface area contributed by atoms with E-state index in [1.165, 1.54) is 0 Å². The number of carbonyl (C=O) groups is 1. The largest absolute Gasteiger partial charge is 0.480 e. The summed E-state index contributed by atoms with van der Waals surface area (Å²) < 4.78 is 1.75. The van der Waals surface area contributed by atoms with Crippen LogP contribution in [0.5, 0.6) is 0 Å². The van der Waals surface area contributed by atoms with E-state index in [9.17, 15) is 9.90 Å². The smallest absolute Gasteiger partial charge is 0.325 e. The highest BCUT2D eigenvalue weighted by atomic mass is 16.4. The molecule has 1 aromatic carbocycles. The van der Waals surface area contributed by atoms with Crippen molar-refractivity contribution >= 4 is 5.97 Å². The molecular formula is C14H18N4O2. The predicted octanol–water partition coefficient (Wildman–Crippen LogP) is 1.77. The Labute approximate surface area is 117 Å². The van der Waals surface area contributed by atoms with Crippen LogP contribution in [-0.2, 0) is 11.3 Å². The third-order valence-corrected chi connectivity index (χ3v) is 2.95. The van der Waals surface area contributed by atoms with Gasteiger partial charge in [-0.15, -0.1) is 5.10 Å². The Bertz CT molecular complexity index is 566. The third kappa shape index (κ3) is 3.42. The average Bonchev–Trinajstić information content (AvgIpc) is 2.89. The first-order chi connectivity index (χ1) is 9.58. The van der Waals surface area contributed by atoms with Crippen molar-refractivity contribution in [3.8, 4) is 0 Å². The van der Waals surface area contributed by atoms with E-state index in [4.69, 9.17) is 0 Å². The fraction of sp³-hybridized carbons (Fsp3) is 0.357. The van der Waals surface area contributed by atoms with Gasteiger partial charge in [0.15, 0.2) is 0 Å². The van der Waals surface area contributed by atoms with Crippen LogP contribution in [0.15, 0.2) is 36.5 Å². The summed E-state index contributed by atoms with van der Waals surface area (Å²) in [5, 5.41) is 20.3. The molecule has 0 saturated heterocycles. The van der Waals surface area contributed by atoms with Crippen molar-refractivity contribution in [1.82, 2.24) is 20.3 Å². The van der Waals surface area contributed by atoms with Crippen molar-refractivity contribution in [2.75, 3.05) is 0 Å². The molecule has 6 heteroatoms. The highest BCUT2D eigenvalue weighted by molar-refractivity contribution is 5.75. The molecule has 0 fully saturated rings. The number of aromatic nitrogens is 3. The molecular weight excluding hydrogens is 256 g/mol. The van der Waals surface area contributed by atoms with E-state index in [1.807, 2.05) is 38.2 Å². The molecule has 0 radical (unpaired) electrons. The highest BCUT2D eigenvalue weighted by Gasteiger charge is 2.19. The Hall–Kier alpha value is -2.21. The van der Waals surface area contributed by atoms with Crippen LogP contribution in [0.25, 0.3) is 0 Å². The Kier molecular flexibility index (Phi) is 4.47. The van der Waals surface area contributed by atoms with Crippen molar-refractivity contribution < 1.29 is 9.90 Å². The predicted molar refractivity (Wildman–Crippen MR) is 74.1 cm³/mol. The van der Waals surface area contributed by atoms with E-state index in [2.05, 4.69) is 15.6 Å². The fourth-order valence-corrected chi connectivity index (χ4v) is 1.85. The van der Waals surface area contributed by atoms with Crippen LogP contribution >= 0.6 is 0 Å². The van der Waals surface area contributed by atoms with E-state index in [-0.39, 0.29) is 6.04 Å². The summed E-state index contributed by atoms with van der Waals surface area (Å²) in [4.78, 5) is 11.3. The molecule has 2 aromatic rings. The first-order valence-corrected chi connectivity index (χ1v) is 6.49. The van der Waals surface area contributed by atoms with E-state index in [0.717, 1.165) is 11.3 Å². The summed E-state index contributed by atoms with van der Waals surface area (Å²) in [5.41, 5.74) is 1.44. The monoisotopic (exact) mass is 274 g/mol. The summed E-state index contributed by atoms with van der Waals surface area (Å²) in [6.07, 6.45) is 1.82. The Morgan fingerprint density at radius 1 is 1.35 bits per heavy atom. The van der Waals surface area contributed by atoms with Gasteiger partial charge in [0.25, 0.3) is 0 Å². The Morgan fingerprint density at radius 2 is 2.05 bits per heavy atom. The van der Waals surface area contributed by atoms with Crippen molar-refractivity contribution in [3.63, 3.8) is 0 Å². The maximum Gasteiger partial charge on any atom is 0.325 e. The second-order valence-corrected chi connectivity index (χ2v) is 4.85. The number of carboxylic acid groups (broad SMARTS) is 1. The number of hydrogen-bond acceptors (Lipinski definition) is 4. The van der Waals surface area contributed by atoms with Crippen molar-refractivity contribution in [3.05, 3.63) is 47.8 Å². The topological polar surface area (TPSA) is 80.0 Å².